The number of hydrogen-bond acceptors (Lipinski definition) is 7. The third-order valence-corrected chi connectivity index (χ3v) is 9.38. The van der Waals surface area contributed by atoms with E-state index in [9.17, 15) is 10.1 Å². The number of H-pyrrole nitrogens is 1. The molecule has 3 saturated heterocycles. The molecule has 3 aliphatic heterocycles. The number of aromatic nitrogens is 3. The van der Waals surface area contributed by atoms with Crippen LogP contribution in [0.4, 0.5) is 15.9 Å². The molecule has 0 spiro atoms. The Hall–Kier alpha value is -3.65. The number of nitrogens with two attached hydrogens (primary N) is 1. The molecule has 43 heavy (non-hydrogen) atoms. The van der Waals surface area contributed by atoms with Crippen molar-refractivity contribution in [3.05, 3.63) is 51.3 Å². The summed E-state index contributed by atoms with van der Waals surface area (Å²) >= 11 is 6.69. The van der Waals surface area contributed by atoms with Crippen molar-refractivity contribution in [2.45, 2.75) is 58.7 Å². The highest BCUT2D eigenvalue weighted by Gasteiger charge is 2.34. The molecule has 0 radical (unpaired) electrons. The Morgan fingerprint density at radius 3 is 2.37 bits per heavy atom. The van der Waals surface area contributed by atoms with Crippen LogP contribution in [0.5, 0.6) is 0 Å². The van der Waals surface area contributed by atoms with E-state index in [1.165, 1.54) is 6.54 Å². The SMILES string of the molecule is CC.C[C@@H]1CN(C)[C@@H]1C.Cn1cc(-c2c(Cl)cc3c(N4CC5CCC(C4)N5)nc(=O)[nH]c3c2F)c2c(C#N)c(N)ccc21. The maximum Gasteiger partial charge on any atom is 0.347 e. The molecule has 228 valence electrons. The predicted molar refractivity (Wildman–Crippen MR) is 173 cm³/mol. The molecule has 2 aromatic heterocycles. The standard InChI is InChI=1S/C24H21ClFN7O.C6H13N.C2H6/c1-32-10-15(19-14(7-27)17(28)4-5-18(19)32)20-16(25)6-13-22(21(20)26)30-24(34)31-23(13)33-8-11-2-3-12(9-33)29-11;1-5-4-7(3)6(5)2;1-2/h4-6,10-12,29H,2-3,8-9,28H2,1H3,(H,30,31,34);5-6H,4H2,1-3H3;1-2H3/t;5-,6-;/m.1./s1. The predicted octanol–water partition coefficient (Wildman–Crippen LogP) is 5.25. The minimum absolute atomic E-state index is 0.0414. The lowest BCUT2D eigenvalue weighted by atomic mass is 9.93. The number of hydrogen-bond donors (Lipinski definition) is 3. The smallest absolute Gasteiger partial charge is 0.347 e. The fraction of sp³-hybridized carbons (Fsp3) is 0.469. The topological polar surface area (TPSA) is 119 Å². The van der Waals surface area contributed by atoms with Crippen LogP contribution in [0.15, 0.2) is 29.2 Å². The Bertz CT molecular complexity index is 1760. The zero-order valence-electron chi connectivity index (χ0n) is 25.6. The van der Waals surface area contributed by atoms with Gasteiger partial charge in [-0.2, -0.15) is 10.2 Å². The summed E-state index contributed by atoms with van der Waals surface area (Å²) in [6, 6.07) is 8.68. The maximum absolute atomic E-state index is 16.1. The average molecular weight is 607 g/mol. The van der Waals surface area contributed by atoms with Gasteiger partial charge in [-0.25, -0.2) is 9.18 Å². The summed E-state index contributed by atoms with van der Waals surface area (Å²) < 4.78 is 17.9. The lowest BCUT2D eigenvalue weighted by molar-refractivity contribution is 0.0680. The van der Waals surface area contributed by atoms with Crippen molar-refractivity contribution in [2.75, 3.05) is 37.3 Å². The zero-order valence-corrected chi connectivity index (χ0v) is 26.4. The highest BCUT2D eigenvalue weighted by Crippen LogP contribution is 2.42. The monoisotopic (exact) mass is 606 g/mol. The van der Waals surface area contributed by atoms with Gasteiger partial charge in [-0.3, -0.25) is 0 Å². The largest absolute Gasteiger partial charge is 0.398 e. The number of piperazine rings is 1. The summed E-state index contributed by atoms with van der Waals surface area (Å²) in [6.07, 6.45) is 3.84. The molecule has 7 rings (SSSR count). The van der Waals surface area contributed by atoms with Gasteiger partial charge in [0.1, 0.15) is 11.9 Å². The van der Waals surface area contributed by atoms with Gasteiger partial charge in [0.25, 0.3) is 0 Å². The number of benzene rings is 2. The number of aromatic amines is 1. The van der Waals surface area contributed by atoms with E-state index in [1.54, 1.807) is 36.0 Å². The fourth-order valence-corrected chi connectivity index (χ4v) is 6.84. The van der Waals surface area contributed by atoms with Crippen LogP contribution >= 0.6 is 11.6 Å². The molecule has 0 saturated carbocycles. The van der Waals surface area contributed by atoms with Crippen LogP contribution in [0.2, 0.25) is 5.02 Å². The second kappa shape index (κ2) is 12.2. The molecule has 2 unspecified atom stereocenters. The molecule has 2 bridgehead atoms. The number of aryl methyl sites for hydroxylation is 1. The second-order valence-electron chi connectivity index (χ2n) is 11.7. The number of fused-ring (bicyclic) bond motifs is 4. The van der Waals surface area contributed by atoms with Crippen molar-refractivity contribution < 1.29 is 4.39 Å². The van der Waals surface area contributed by atoms with Gasteiger partial charge in [-0.15, -0.1) is 0 Å². The van der Waals surface area contributed by atoms with E-state index in [4.69, 9.17) is 17.3 Å². The molecule has 0 aliphatic carbocycles. The third-order valence-electron chi connectivity index (χ3n) is 9.08. The third kappa shape index (κ3) is 5.46. The van der Waals surface area contributed by atoms with Crippen LogP contribution in [-0.4, -0.2) is 64.2 Å². The van der Waals surface area contributed by atoms with E-state index in [-0.39, 0.29) is 21.7 Å². The Labute approximate surface area is 256 Å². The van der Waals surface area contributed by atoms with Gasteiger partial charge in [0.05, 0.1) is 21.8 Å². The van der Waals surface area contributed by atoms with Crippen LogP contribution in [0, 0.1) is 23.1 Å². The number of anilines is 2. The van der Waals surface area contributed by atoms with Crippen molar-refractivity contribution in [2.24, 2.45) is 13.0 Å². The Balaban J connectivity index is 0.000000357. The molecule has 3 aliphatic rings. The quantitative estimate of drug-likeness (QED) is 0.267. The van der Waals surface area contributed by atoms with Crippen molar-refractivity contribution in [3.63, 3.8) is 0 Å². The highest BCUT2D eigenvalue weighted by molar-refractivity contribution is 6.35. The van der Waals surface area contributed by atoms with Gasteiger partial charge < -0.3 is 30.4 Å². The zero-order chi connectivity index (χ0) is 31.2. The Kier molecular flexibility index (Phi) is 8.70. The number of nitrogens with one attached hydrogen (secondary N) is 2. The Morgan fingerprint density at radius 2 is 1.81 bits per heavy atom. The second-order valence-corrected chi connectivity index (χ2v) is 12.1. The number of nitriles is 1. The molecule has 2 aromatic carbocycles. The van der Waals surface area contributed by atoms with Gasteiger partial charge in [-0.1, -0.05) is 32.4 Å². The molecule has 0 amide bonds. The van der Waals surface area contributed by atoms with Crippen LogP contribution in [0.3, 0.4) is 0 Å². The van der Waals surface area contributed by atoms with Crippen molar-refractivity contribution in [3.8, 4) is 17.2 Å². The van der Waals surface area contributed by atoms with Crippen molar-refractivity contribution in [1.29, 1.82) is 5.26 Å². The number of halogens is 2. The van der Waals surface area contributed by atoms with E-state index in [0.717, 1.165) is 30.3 Å². The molecular weight excluding hydrogens is 567 g/mol. The molecular formula is C32H40ClFN8O. The van der Waals surface area contributed by atoms with Crippen LogP contribution in [0.1, 0.15) is 46.1 Å². The average Bonchev–Trinajstić information content (AvgIpc) is 3.51. The molecule has 3 fully saturated rings. The number of nitrogen functional groups attached to an aromatic ring is 1. The summed E-state index contributed by atoms with van der Waals surface area (Å²) in [5, 5.41) is 14.4. The summed E-state index contributed by atoms with van der Waals surface area (Å²) in [5.41, 5.74) is 7.28. The van der Waals surface area contributed by atoms with Crippen molar-refractivity contribution in [1.82, 2.24) is 24.8 Å². The number of nitrogens with zero attached hydrogens (tertiary/aromatic N) is 5. The molecule has 9 nitrogen and oxygen atoms in total. The van der Waals surface area contributed by atoms with Gasteiger partial charge in [0.15, 0.2) is 5.82 Å². The minimum atomic E-state index is -0.667. The first-order valence-corrected chi connectivity index (χ1v) is 15.4. The Morgan fingerprint density at radius 1 is 1.14 bits per heavy atom. The van der Waals surface area contributed by atoms with Crippen LogP contribution in [-0.2, 0) is 7.05 Å². The van der Waals surface area contributed by atoms with Gasteiger partial charge in [0.2, 0.25) is 0 Å². The lowest BCUT2D eigenvalue weighted by Crippen LogP contribution is -2.51. The fourth-order valence-electron chi connectivity index (χ4n) is 6.55. The number of likely N-dealkylation sites (tertiary alicyclic amines) is 1. The van der Waals surface area contributed by atoms with Crippen LogP contribution in [0.25, 0.3) is 32.9 Å². The molecule has 4 aromatic rings. The molecule has 4 N–H and O–H groups in total. The minimum Gasteiger partial charge on any atom is -0.398 e. The normalized spacial score (nSPS) is 22.8. The van der Waals surface area contributed by atoms with E-state index >= 15 is 4.39 Å². The van der Waals surface area contributed by atoms with E-state index in [1.807, 2.05) is 18.7 Å². The summed E-state index contributed by atoms with van der Waals surface area (Å²) in [4.78, 5) is 23.7. The molecule has 11 heteroatoms. The summed E-state index contributed by atoms with van der Waals surface area (Å²) in [6.45, 7) is 11.2. The van der Waals surface area contributed by atoms with Crippen LogP contribution < -0.4 is 21.6 Å². The van der Waals surface area contributed by atoms with Crippen molar-refractivity contribution >= 4 is 44.9 Å². The van der Waals surface area contributed by atoms with Gasteiger partial charge in [-0.05, 0) is 50.9 Å². The first-order valence-electron chi connectivity index (χ1n) is 15.0. The molecule has 5 heterocycles. The molecule has 4 atom stereocenters. The van der Waals surface area contributed by atoms with Gasteiger partial charge >= 0.3 is 5.69 Å². The summed E-state index contributed by atoms with van der Waals surface area (Å²) in [5.74, 6) is 0.703. The number of rotatable bonds is 2. The summed E-state index contributed by atoms with van der Waals surface area (Å²) in [7, 11) is 3.98. The van der Waals surface area contributed by atoms with E-state index in [2.05, 4.69) is 47.1 Å². The first-order chi connectivity index (χ1) is 20.6. The van der Waals surface area contributed by atoms with Gasteiger partial charge in [0, 0.05) is 78.4 Å². The van der Waals surface area contributed by atoms with E-state index < -0.39 is 11.5 Å². The van der Waals surface area contributed by atoms with E-state index in [0.29, 0.717) is 53.0 Å². The maximum atomic E-state index is 16.1. The lowest BCUT2D eigenvalue weighted by Gasteiger charge is -2.41. The first kappa shape index (κ1) is 30.8. The highest BCUT2D eigenvalue weighted by atomic mass is 35.5.